The molecule has 0 saturated carbocycles. The van der Waals surface area contributed by atoms with Crippen molar-refractivity contribution in [1.29, 1.82) is 0 Å². The van der Waals surface area contributed by atoms with Gasteiger partial charge in [0, 0.05) is 9.14 Å². The number of halogens is 2. The average molecular weight is 290 g/mol. The maximum Gasteiger partial charge on any atom is 0.139 e. The van der Waals surface area contributed by atoms with Crippen LogP contribution >= 0.6 is 22.6 Å². The van der Waals surface area contributed by atoms with E-state index in [1.54, 1.807) is 12.1 Å². The van der Waals surface area contributed by atoms with Crippen molar-refractivity contribution in [2.45, 2.75) is 19.8 Å². The average Bonchev–Trinajstić information content (AvgIpc) is 2.18. The van der Waals surface area contributed by atoms with Gasteiger partial charge in [0.2, 0.25) is 0 Å². The van der Waals surface area contributed by atoms with Crippen LogP contribution in [0.15, 0.2) is 33.9 Å². The van der Waals surface area contributed by atoms with Gasteiger partial charge in [-0.25, -0.2) is 4.39 Å². The minimum atomic E-state index is -0.0805. The van der Waals surface area contributed by atoms with Crippen LogP contribution in [0.4, 0.5) is 4.39 Å². The van der Waals surface area contributed by atoms with E-state index in [1.807, 2.05) is 18.2 Å². The summed E-state index contributed by atoms with van der Waals surface area (Å²) in [7, 11) is 0. The lowest BCUT2D eigenvalue weighted by molar-refractivity contribution is 0.749. The lowest BCUT2D eigenvalue weighted by Crippen LogP contribution is -1.80. The standard InChI is InChI=1S/C11H12FI/c1-2-6-10(13)11(12)9-7-4-3-5-8-9/h3-5,7-8H,2,6H2,1H3. The summed E-state index contributed by atoms with van der Waals surface area (Å²) in [5.41, 5.74) is 0.681. The van der Waals surface area contributed by atoms with E-state index in [4.69, 9.17) is 0 Å². The molecular formula is C11H12FI. The van der Waals surface area contributed by atoms with Gasteiger partial charge in [-0.1, -0.05) is 43.7 Å². The van der Waals surface area contributed by atoms with E-state index in [-0.39, 0.29) is 5.83 Å². The van der Waals surface area contributed by atoms with Crippen molar-refractivity contribution in [3.63, 3.8) is 0 Å². The van der Waals surface area contributed by atoms with Gasteiger partial charge in [0.05, 0.1) is 0 Å². The lowest BCUT2D eigenvalue weighted by Gasteiger charge is -2.01. The van der Waals surface area contributed by atoms with Crippen LogP contribution in [0.2, 0.25) is 0 Å². The maximum atomic E-state index is 13.6. The SMILES string of the molecule is CCCC(I)=C(F)c1ccccc1. The molecule has 0 bridgehead atoms. The summed E-state index contributed by atoms with van der Waals surface area (Å²) in [5.74, 6) is -0.0805. The smallest absolute Gasteiger partial charge is 0.139 e. The fourth-order valence-corrected chi connectivity index (χ4v) is 1.92. The summed E-state index contributed by atoms with van der Waals surface area (Å²) in [6.45, 7) is 2.05. The number of rotatable bonds is 3. The molecule has 0 amide bonds. The molecule has 0 aliphatic carbocycles. The van der Waals surface area contributed by atoms with Gasteiger partial charge in [-0.3, -0.25) is 0 Å². The molecule has 1 rings (SSSR count). The monoisotopic (exact) mass is 290 g/mol. The first-order valence-corrected chi connectivity index (χ1v) is 5.43. The molecular weight excluding hydrogens is 278 g/mol. The lowest BCUT2D eigenvalue weighted by atomic mass is 10.2. The summed E-state index contributed by atoms with van der Waals surface area (Å²) < 4.78 is 14.4. The molecule has 1 aromatic rings. The van der Waals surface area contributed by atoms with Crippen LogP contribution in [-0.4, -0.2) is 0 Å². The first-order chi connectivity index (χ1) is 6.25. The molecule has 0 aromatic heterocycles. The summed E-state index contributed by atoms with van der Waals surface area (Å²) in [5, 5.41) is 0. The highest BCUT2D eigenvalue weighted by Crippen LogP contribution is 2.27. The van der Waals surface area contributed by atoms with E-state index < -0.39 is 0 Å². The first-order valence-electron chi connectivity index (χ1n) is 4.35. The van der Waals surface area contributed by atoms with Crippen molar-refractivity contribution in [2.75, 3.05) is 0 Å². The molecule has 0 spiro atoms. The van der Waals surface area contributed by atoms with Crippen molar-refractivity contribution in [3.8, 4) is 0 Å². The van der Waals surface area contributed by atoms with Crippen LogP contribution in [-0.2, 0) is 0 Å². The molecule has 0 N–H and O–H groups in total. The van der Waals surface area contributed by atoms with Crippen molar-refractivity contribution in [2.24, 2.45) is 0 Å². The largest absolute Gasteiger partial charge is 0.206 e. The molecule has 0 fully saturated rings. The Morgan fingerprint density at radius 1 is 1.31 bits per heavy atom. The highest BCUT2D eigenvalue weighted by atomic mass is 127. The molecule has 0 nitrogen and oxygen atoms in total. The molecule has 0 heterocycles. The summed E-state index contributed by atoms with van der Waals surface area (Å²) in [4.78, 5) is 0. The fourth-order valence-electron chi connectivity index (χ4n) is 1.07. The van der Waals surface area contributed by atoms with Crippen LogP contribution < -0.4 is 0 Å². The zero-order valence-electron chi connectivity index (χ0n) is 7.56. The number of hydrogen-bond donors (Lipinski definition) is 0. The van der Waals surface area contributed by atoms with Crippen LogP contribution in [0.1, 0.15) is 25.3 Å². The van der Waals surface area contributed by atoms with Crippen LogP contribution in [0.3, 0.4) is 0 Å². The summed E-state index contributed by atoms with van der Waals surface area (Å²) >= 11 is 2.08. The number of allylic oxidation sites excluding steroid dienone is 1. The van der Waals surface area contributed by atoms with Gasteiger partial charge >= 0.3 is 0 Å². The van der Waals surface area contributed by atoms with Crippen LogP contribution in [0, 0.1) is 0 Å². The molecule has 0 unspecified atom stereocenters. The molecule has 1 aromatic carbocycles. The Balaban J connectivity index is 2.89. The van der Waals surface area contributed by atoms with Gasteiger partial charge in [-0.05, 0) is 29.0 Å². The van der Waals surface area contributed by atoms with Gasteiger partial charge in [-0.15, -0.1) is 0 Å². The third-order valence-electron chi connectivity index (χ3n) is 1.73. The number of benzene rings is 1. The Labute approximate surface area is 92.0 Å². The molecule has 13 heavy (non-hydrogen) atoms. The Bertz CT molecular complexity index is 290. The van der Waals surface area contributed by atoms with Gasteiger partial charge in [-0.2, -0.15) is 0 Å². The van der Waals surface area contributed by atoms with E-state index in [0.29, 0.717) is 5.56 Å². The quantitative estimate of drug-likeness (QED) is 0.716. The highest BCUT2D eigenvalue weighted by Gasteiger charge is 2.04. The second-order valence-electron chi connectivity index (χ2n) is 2.83. The third-order valence-corrected chi connectivity index (χ3v) is 2.75. The van der Waals surface area contributed by atoms with E-state index in [1.165, 1.54) is 0 Å². The predicted octanol–water partition coefficient (Wildman–Crippen LogP) is 4.56. The summed E-state index contributed by atoms with van der Waals surface area (Å²) in [6, 6.07) is 9.19. The molecule has 70 valence electrons. The van der Waals surface area contributed by atoms with Crippen LogP contribution in [0.25, 0.3) is 5.83 Å². The first kappa shape index (κ1) is 10.7. The van der Waals surface area contributed by atoms with Crippen LogP contribution in [0.5, 0.6) is 0 Å². The van der Waals surface area contributed by atoms with E-state index in [9.17, 15) is 4.39 Å². The van der Waals surface area contributed by atoms with Crippen molar-refractivity contribution >= 4 is 28.4 Å². The van der Waals surface area contributed by atoms with E-state index >= 15 is 0 Å². The van der Waals surface area contributed by atoms with Gasteiger partial charge in [0.1, 0.15) is 5.83 Å². The minimum absolute atomic E-state index is 0.0805. The molecule has 2 heteroatoms. The molecule has 0 atom stereocenters. The molecule has 0 aliphatic heterocycles. The van der Waals surface area contributed by atoms with Crippen molar-refractivity contribution in [3.05, 3.63) is 39.5 Å². The van der Waals surface area contributed by atoms with E-state index in [2.05, 4.69) is 29.5 Å². The zero-order chi connectivity index (χ0) is 9.68. The Kier molecular flexibility index (Phi) is 4.42. The molecule has 0 radical (unpaired) electrons. The Morgan fingerprint density at radius 2 is 1.92 bits per heavy atom. The van der Waals surface area contributed by atoms with E-state index in [0.717, 1.165) is 16.4 Å². The zero-order valence-corrected chi connectivity index (χ0v) is 9.71. The fraction of sp³-hybridized carbons (Fsp3) is 0.273. The maximum absolute atomic E-state index is 13.6. The molecule has 0 saturated heterocycles. The summed E-state index contributed by atoms with van der Waals surface area (Å²) in [6.07, 6.45) is 1.81. The number of hydrogen-bond acceptors (Lipinski definition) is 0. The third kappa shape index (κ3) is 3.10. The van der Waals surface area contributed by atoms with Gasteiger partial charge < -0.3 is 0 Å². The topological polar surface area (TPSA) is 0 Å². The second-order valence-corrected chi connectivity index (χ2v) is 4.14. The van der Waals surface area contributed by atoms with Gasteiger partial charge in [0.15, 0.2) is 0 Å². The molecule has 0 aliphatic rings. The Hall–Kier alpha value is -0.380. The predicted molar refractivity (Wildman–Crippen MR) is 63.4 cm³/mol. The minimum Gasteiger partial charge on any atom is -0.206 e. The van der Waals surface area contributed by atoms with Gasteiger partial charge in [0.25, 0.3) is 0 Å². The van der Waals surface area contributed by atoms with Crippen molar-refractivity contribution in [1.82, 2.24) is 0 Å². The Morgan fingerprint density at radius 3 is 2.46 bits per heavy atom. The second kappa shape index (κ2) is 5.37. The highest BCUT2D eigenvalue weighted by molar-refractivity contribution is 14.1. The van der Waals surface area contributed by atoms with Crippen molar-refractivity contribution < 1.29 is 4.39 Å². The normalized spacial score (nSPS) is 12.5.